The Hall–Kier alpha value is -3.90. The molecule has 0 saturated carbocycles. The van der Waals surface area contributed by atoms with Gasteiger partial charge in [-0.25, -0.2) is 0 Å². The van der Waals surface area contributed by atoms with E-state index in [1.165, 1.54) is 72.3 Å². The third-order valence-electron chi connectivity index (χ3n) is 8.86. The molecule has 0 aliphatic rings. The number of amides is 1. The van der Waals surface area contributed by atoms with E-state index in [9.17, 15) is 25.1 Å². The van der Waals surface area contributed by atoms with Crippen molar-refractivity contribution in [2.45, 2.75) is 76.4 Å². The molecule has 47 heavy (non-hydrogen) atoms. The Balaban J connectivity index is 1.15. The molecule has 1 amide bonds. The van der Waals surface area contributed by atoms with Crippen molar-refractivity contribution in [3.63, 3.8) is 0 Å². The maximum atomic E-state index is 12.4. The number of carbonyl (C=O) groups excluding carboxylic acids is 1. The molecule has 0 spiro atoms. The third-order valence-corrected chi connectivity index (χ3v) is 13.4. The van der Waals surface area contributed by atoms with Gasteiger partial charge in [0.25, 0.3) is 5.69 Å². The van der Waals surface area contributed by atoms with Crippen LogP contribution in [0.1, 0.15) is 75.9 Å². The fraction of sp³-hybridized carbons (Fsp3) is 0.359. The first kappa shape index (κ1) is 35.9. The molecule has 248 valence electrons. The minimum atomic E-state index is -1.76. The van der Waals surface area contributed by atoms with Gasteiger partial charge in [-0.1, -0.05) is 93.1 Å². The lowest BCUT2D eigenvalue weighted by Crippen LogP contribution is -2.41. The number of aliphatic hydroxyl groups excluding tert-OH is 2. The van der Waals surface area contributed by atoms with Gasteiger partial charge in [-0.05, 0) is 73.4 Å². The number of benzene rings is 4. The molecule has 2 atom stereocenters. The molecular formula is C39H48N2O5P+. The van der Waals surface area contributed by atoms with Gasteiger partial charge in [-0.15, -0.1) is 0 Å². The Morgan fingerprint density at radius 2 is 1.09 bits per heavy atom. The highest BCUT2D eigenvalue weighted by Gasteiger charge is 2.44. The predicted molar refractivity (Wildman–Crippen MR) is 193 cm³/mol. The number of nitro benzene ring substituents is 1. The van der Waals surface area contributed by atoms with Gasteiger partial charge in [-0.2, -0.15) is 0 Å². The van der Waals surface area contributed by atoms with Crippen LogP contribution >= 0.6 is 7.26 Å². The summed E-state index contributed by atoms with van der Waals surface area (Å²) in [5.41, 5.74) is 0.318. The first-order valence-electron chi connectivity index (χ1n) is 16.8. The zero-order valence-electron chi connectivity index (χ0n) is 27.1. The van der Waals surface area contributed by atoms with E-state index >= 15 is 0 Å². The van der Waals surface area contributed by atoms with Crippen molar-refractivity contribution in [3.8, 4) is 0 Å². The van der Waals surface area contributed by atoms with Crippen molar-refractivity contribution in [3.05, 3.63) is 131 Å². The second-order valence-corrected chi connectivity index (χ2v) is 15.7. The highest BCUT2D eigenvalue weighted by Crippen LogP contribution is 2.56. The summed E-state index contributed by atoms with van der Waals surface area (Å²) in [6.07, 6.45) is 10.3. The topological polar surface area (TPSA) is 113 Å². The smallest absolute Gasteiger partial charge is 0.269 e. The van der Waals surface area contributed by atoms with Crippen LogP contribution in [0.3, 0.4) is 0 Å². The number of carbonyl (C=O) groups is 1. The largest absolute Gasteiger partial charge is 0.394 e. The molecule has 0 radical (unpaired) electrons. The monoisotopic (exact) mass is 655 g/mol. The van der Waals surface area contributed by atoms with Crippen molar-refractivity contribution in [1.82, 2.24) is 5.32 Å². The van der Waals surface area contributed by atoms with Crippen molar-refractivity contribution in [2.75, 3.05) is 12.8 Å². The van der Waals surface area contributed by atoms with E-state index in [0.717, 1.165) is 31.8 Å². The van der Waals surface area contributed by atoms with Gasteiger partial charge < -0.3 is 15.5 Å². The summed E-state index contributed by atoms with van der Waals surface area (Å²) in [4.78, 5) is 22.8. The molecule has 0 fully saturated rings. The van der Waals surface area contributed by atoms with Crippen LogP contribution in [0.5, 0.6) is 0 Å². The molecule has 7 nitrogen and oxygen atoms in total. The third kappa shape index (κ3) is 10.3. The van der Waals surface area contributed by atoms with Gasteiger partial charge in [-0.3, -0.25) is 14.9 Å². The molecule has 0 unspecified atom stereocenters. The Morgan fingerprint density at radius 3 is 1.51 bits per heavy atom. The summed E-state index contributed by atoms with van der Waals surface area (Å²) in [7, 11) is -1.76. The van der Waals surface area contributed by atoms with E-state index in [2.05, 4.69) is 96.3 Å². The molecule has 4 aromatic carbocycles. The molecular weight excluding hydrogens is 607 g/mol. The van der Waals surface area contributed by atoms with Gasteiger partial charge in [0.15, 0.2) is 0 Å². The van der Waals surface area contributed by atoms with Crippen LogP contribution in [0.15, 0.2) is 115 Å². The van der Waals surface area contributed by atoms with Gasteiger partial charge >= 0.3 is 0 Å². The molecule has 0 aliphatic carbocycles. The number of rotatable bonds is 20. The summed E-state index contributed by atoms with van der Waals surface area (Å²) in [5, 5.41) is 38.2. The Kier molecular flexibility index (Phi) is 14.6. The normalized spacial score (nSPS) is 12.7. The summed E-state index contributed by atoms with van der Waals surface area (Å²) in [6, 6.07) is 37.8. The fourth-order valence-electron chi connectivity index (χ4n) is 6.28. The minimum Gasteiger partial charge on any atom is -0.394 e. The highest BCUT2D eigenvalue weighted by molar-refractivity contribution is 7.95. The van der Waals surface area contributed by atoms with E-state index in [-0.39, 0.29) is 11.6 Å². The highest BCUT2D eigenvalue weighted by atomic mass is 31.2. The summed E-state index contributed by atoms with van der Waals surface area (Å²) in [5.74, 6) is -0.217. The first-order valence-corrected chi connectivity index (χ1v) is 18.8. The average Bonchev–Trinajstić information content (AvgIpc) is 3.12. The Bertz CT molecular complexity index is 1390. The molecule has 0 saturated heterocycles. The van der Waals surface area contributed by atoms with Crippen LogP contribution in [0.25, 0.3) is 0 Å². The van der Waals surface area contributed by atoms with Crippen molar-refractivity contribution >= 4 is 34.8 Å². The molecule has 4 aromatic rings. The SMILES string of the molecule is O=C(CCCCCCCCCCC[P+](c1ccccc1)(c1ccccc1)c1ccccc1)N[C@H](CO)[C@H](O)c1ccc([N+](=O)[O-])cc1. The first-order chi connectivity index (χ1) is 23.0. The van der Waals surface area contributed by atoms with Crippen LogP contribution in [0, 0.1) is 10.1 Å². The number of hydrogen-bond acceptors (Lipinski definition) is 5. The minimum absolute atomic E-state index is 0.0840. The lowest BCUT2D eigenvalue weighted by Gasteiger charge is -2.27. The zero-order valence-corrected chi connectivity index (χ0v) is 28.0. The van der Waals surface area contributed by atoms with Crippen molar-refractivity contribution < 1.29 is 19.9 Å². The van der Waals surface area contributed by atoms with Gasteiger partial charge in [0.05, 0.1) is 23.7 Å². The Morgan fingerprint density at radius 1 is 0.660 bits per heavy atom. The van der Waals surface area contributed by atoms with E-state index in [4.69, 9.17) is 0 Å². The molecule has 0 heterocycles. The van der Waals surface area contributed by atoms with E-state index in [0.29, 0.717) is 12.0 Å². The number of aliphatic hydroxyl groups is 2. The second kappa shape index (κ2) is 19.0. The predicted octanol–water partition coefficient (Wildman–Crippen LogP) is 7.00. The van der Waals surface area contributed by atoms with E-state index in [1.807, 2.05) is 0 Å². The maximum Gasteiger partial charge on any atom is 0.269 e. The molecule has 4 rings (SSSR count). The summed E-state index contributed by atoms with van der Waals surface area (Å²) in [6.45, 7) is -0.433. The molecule has 0 aromatic heterocycles. The van der Waals surface area contributed by atoms with Crippen molar-refractivity contribution in [1.29, 1.82) is 0 Å². The second-order valence-electron chi connectivity index (χ2n) is 12.1. The quantitative estimate of drug-likeness (QED) is 0.0411. The average molecular weight is 656 g/mol. The standard InChI is InChI=1S/C39H47N2O5P/c42-31-37(39(44)32-26-28-33(29-27-32)41(45)46)40-38(43)25-17-6-4-2-1-3-5-7-18-30-47(34-19-11-8-12-20-34,35-21-13-9-14-22-35)36-23-15-10-16-24-36/h8-16,19-24,26-29,37,39,42,44H,1-7,17-18,25,30-31H2/p+1/t37-,39-/m1/s1. The Labute approximate surface area is 279 Å². The summed E-state index contributed by atoms with van der Waals surface area (Å²) < 4.78 is 0. The number of nitrogens with one attached hydrogen (secondary N) is 1. The molecule has 0 bridgehead atoms. The van der Waals surface area contributed by atoms with Crippen LogP contribution < -0.4 is 21.2 Å². The summed E-state index contributed by atoms with van der Waals surface area (Å²) >= 11 is 0. The fourth-order valence-corrected chi connectivity index (χ4v) is 10.7. The van der Waals surface area contributed by atoms with Gasteiger partial charge in [0.2, 0.25) is 5.91 Å². The van der Waals surface area contributed by atoms with E-state index in [1.54, 1.807) is 0 Å². The van der Waals surface area contributed by atoms with Crippen LogP contribution in [-0.4, -0.2) is 39.9 Å². The zero-order chi connectivity index (χ0) is 33.3. The molecule has 3 N–H and O–H groups in total. The number of nitrogens with zero attached hydrogens (tertiary/aromatic N) is 1. The van der Waals surface area contributed by atoms with E-state index < -0.39 is 30.9 Å². The number of non-ortho nitro benzene ring substituents is 1. The number of nitro groups is 1. The van der Waals surface area contributed by atoms with Crippen LogP contribution in [-0.2, 0) is 4.79 Å². The van der Waals surface area contributed by atoms with Crippen LogP contribution in [0.2, 0.25) is 0 Å². The maximum absolute atomic E-state index is 12.4. The van der Waals surface area contributed by atoms with Crippen LogP contribution in [0.4, 0.5) is 5.69 Å². The molecule has 8 heteroatoms. The van der Waals surface area contributed by atoms with Gasteiger partial charge in [0, 0.05) is 18.6 Å². The molecule has 0 aliphatic heterocycles. The lowest BCUT2D eigenvalue weighted by atomic mass is 10.0. The van der Waals surface area contributed by atoms with Gasteiger partial charge in [0.1, 0.15) is 29.3 Å². The lowest BCUT2D eigenvalue weighted by molar-refractivity contribution is -0.384. The number of unbranched alkanes of at least 4 members (excludes halogenated alkanes) is 8. The van der Waals surface area contributed by atoms with Crippen molar-refractivity contribution in [2.24, 2.45) is 0 Å². The number of hydrogen-bond donors (Lipinski definition) is 3.